The lowest BCUT2D eigenvalue weighted by Crippen LogP contribution is -2.21. The zero-order valence-electron chi connectivity index (χ0n) is 10.6. The van der Waals surface area contributed by atoms with Crippen LogP contribution in [-0.4, -0.2) is 33.7 Å². The van der Waals surface area contributed by atoms with Crippen molar-refractivity contribution >= 4 is 5.97 Å². The van der Waals surface area contributed by atoms with Gasteiger partial charge in [0.15, 0.2) is 5.69 Å². The number of hydrogen-bond donors (Lipinski definition) is 2. The number of aromatic carboxylic acids is 1. The quantitative estimate of drug-likeness (QED) is 0.827. The molecule has 0 aliphatic carbocycles. The van der Waals surface area contributed by atoms with Crippen molar-refractivity contribution in [1.82, 2.24) is 14.9 Å². The summed E-state index contributed by atoms with van der Waals surface area (Å²) in [5.74, 6) is 1.04. The zero-order chi connectivity index (χ0) is 12.7. The third-order valence-corrected chi connectivity index (χ3v) is 4.12. The van der Waals surface area contributed by atoms with Crippen molar-refractivity contribution in [3.8, 4) is 0 Å². The Bertz CT molecular complexity index is 475. The molecule has 1 aromatic heterocycles. The topological polar surface area (TPSA) is 67.2 Å². The first-order valence-electron chi connectivity index (χ1n) is 6.70. The Morgan fingerprint density at radius 2 is 2.33 bits per heavy atom. The molecular weight excluding hydrogens is 230 g/mol. The standard InChI is InChI=1S/C13H19N3O2/c1-8-3-5-16-10(6-8)11(13(17)18)15-12(16)9-2-4-14-7-9/h8-9,14H,2-7H2,1H3,(H,17,18). The number of hydrogen-bond acceptors (Lipinski definition) is 3. The number of carboxylic acid groups (broad SMARTS) is 1. The predicted octanol–water partition coefficient (Wildman–Crippen LogP) is 1.24. The van der Waals surface area contributed by atoms with E-state index in [1.54, 1.807) is 0 Å². The van der Waals surface area contributed by atoms with Crippen LogP contribution in [0.15, 0.2) is 0 Å². The molecule has 0 radical (unpaired) electrons. The van der Waals surface area contributed by atoms with E-state index in [0.29, 0.717) is 11.8 Å². The number of fused-ring (bicyclic) bond motifs is 1. The number of imidazole rings is 1. The number of carboxylic acids is 1. The lowest BCUT2D eigenvalue weighted by molar-refractivity contribution is 0.0689. The molecule has 2 aliphatic rings. The number of rotatable bonds is 2. The van der Waals surface area contributed by atoms with Crippen molar-refractivity contribution in [1.29, 1.82) is 0 Å². The Hall–Kier alpha value is -1.36. The summed E-state index contributed by atoms with van der Waals surface area (Å²) in [6.07, 6.45) is 3.02. The maximum absolute atomic E-state index is 11.3. The average molecular weight is 249 g/mol. The third-order valence-electron chi connectivity index (χ3n) is 4.12. The van der Waals surface area contributed by atoms with Gasteiger partial charge in [-0.05, 0) is 31.7 Å². The van der Waals surface area contributed by atoms with Gasteiger partial charge in [0, 0.05) is 19.0 Å². The average Bonchev–Trinajstić information content (AvgIpc) is 2.93. The first-order valence-corrected chi connectivity index (χ1v) is 6.70. The van der Waals surface area contributed by atoms with Gasteiger partial charge >= 0.3 is 5.97 Å². The van der Waals surface area contributed by atoms with Gasteiger partial charge in [-0.25, -0.2) is 9.78 Å². The van der Waals surface area contributed by atoms with Gasteiger partial charge in [-0.2, -0.15) is 0 Å². The largest absolute Gasteiger partial charge is 0.476 e. The second-order valence-corrected chi connectivity index (χ2v) is 5.51. The monoisotopic (exact) mass is 249 g/mol. The van der Waals surface area contributed by atoms with E-state index in [-0.39, 0.29) is 5.69 Å². The van der Waals surface area contributed by atoms with Crippen LogP contribution < -0.4 is 5.32 Å². The fourth-order valence-corrected chi connectivity index (χ4v) is 3.10. The highest BCUT2D eigenvalue weighted by molar-refractivity contribution is 5.87. The van der Waals surface area contributed by atoms with Crippen LogP contribution in [0.1, 0.15) is 47.7 Å². The molecule has 2 unspecified atom stereocenters. The van der Waals surface area contributed by atoms with Gasteiger partial charge in [0.05, 0.1) is 5.69 Å². The molecule has 0 aromatic carbocycles. The smallest absolute Gasteiger partial charge is 0.356 e. The molecule has 1 aromatic rings. The SMILES string of the molecule is CC1CCn2c(C3CCNC3)nc(C(=O)O)c2C1. The molecule has 18 heavy (non-hydrogen) atoms. The molecule has 3 rings (SSSR count). The Morgan fingerprint density at radius 1 is 1.50 bits per heavy atom. The Labute approximate surface area is 106 Å². The number of aromatic nitrogens is 2. The summed E-state index contributed by atoms with van der Waals surface area (Å²) >= 11 is 0. The predicted molar refractivity (Wildman–Crippen MR) is 66.9 cm³/mol. The highest BCUT2D eigenvalue weighted by atomic mass is 16.4. The van der Waals surface area contributed by atoms with Crippen molar-refractivity contribution in [2.24, 2.45) is 5.92 Å². The van der Waals surface area contributed by atoms with E-state index in [9.17, 15) is 9.90 Å². The van der Waals surface area contributed by atoms with E-state index < -0.39 is 5.97 Å². The van der Waals surface area contributed by atoms with Crippen molar-refractivity contribution in [2.45, 2.75) is 38.6 Å². The summed E-state index contributed by atoms with van der Waals surface area (Å²) in [5, 5.41) is 12.6. The fraction of sp³-hybridized carbons (Fsp3) is 0.692. The minimum atomic E-state index is -0.884. The van der Waals surface area contributed by atoms with Crippen molar-refractivity contribution < 1.29 is 9.90 Å². The first kappa shape index (κ1) is 11.7. The van der Waals surface area contributed by atoms with E-state index in [2.05, 4.69) is 21.8 Å². The van der Waals surface area contributed by atoms with Gasteiger partial charge in [0.1, 0.15) is 5.82 Å². The molecule has 0 spiro atoms. The number of carbonyl (C=O) groups is 1. The van der Waals surface area contributed by atoms with Gasteiger partial charge in [0.25, 0.3) is 0 Å². The van der Waals surface area contributed by atoms with Gasteiger partial charge in [0.2, 0.25) is 0 Å². The van der Waals surface area contributed by atoms with Crippen LogP contribution in [-0.2, 0) is 13.0 Å². The van der Waals surface area contributed by atoms with Crippen molar-refractivity contribution in [2.75, 3.05) is 13.1 Å². The molecule has 0 amide bonds. The maximum Gasteiger partial charge on any atom is 0.356 e. The van der Waals surface area contributed by atoms with E-state index in [0.717, 1.165) is 50.4 Å². The van der Waals surface area contributed by atoms with Gasteiger partial charge < -0.3 is 15.0 Å². The summed E-state index contributed by atoms with van der Waals surface area (Å²) < 4.78 is 2.17. The summed E-state index contributed by atoms with van der Waals surface area (Å²) in [4.78, 5) is 15.7. The van der Waals surface area contributed by atoms with Crippen LogP contribution in [0.25, 0.3) is 0 Å². The lowest BCUT2D eigenvalue weighted by atomic mass is 9.96. The molecule has 2 N–H and O–H groups in total. The van der Waals surface area contributed by atoms with Crippen LogP contribution in [0.4, 0.5) is 0 Å². The van der Waals surface area contributed by atoms with Gasteiger partial charge in [-0.1, -0.05) is 6.92 Å². The van der Waals surface area contributed by atoms with E-state index in [1.807, 2.05) is 0 Å². The maximum atomic E-state index is 11.3. The Kier molecular flexibility index (Phi) is 2.86. The summed E-state index contributed by atoms with van der Waals surface area (Å²) in [6.45, 7) is 5.03. The molecule has 5 heteroatoms. The molecule has 98 valence electrons. The first-order chi connectivity index (χ1) is 8.66. The summed E-state index contributed by atoms with van der Waals surface area (Å²) in [5.41, 5.74) is 1.21. The molecule has 5 nitrogen and oxygen atoms in total. The van der Waals surface area contributed by atoms with Crippen LogP contribution >= 0.6 is 0 Å². The van der Waals surface area contributed by atoms with Crippen LogP contribution in [0, 0.1) is 5.92 Å². The van der Waals surface area contributed by atoms with Crippen molar-refractivity contribution in [3.05, 3.63) is 17.2 Å². The fourth-order valence-electron chi connectivity index (χ4n) is 3.10. The van der Waals surface area contributed by atoms with E-state index >= 15 is 0 Å². The highest BCUT2D eigenvalue weighted by Gasteiger charge is 2.30. The summed E-state index contributed by atoms with van der Waals surface area (Å²) in [7, 11) is 0. The minimum absolute atomic E-state index is 0.281. The second-order valence-electron chi connectivity index (χ2n) is 5.51. The molecule has 3 heterocycles. The molecule has 1 fully saturated rings. The minimum Gasteiger partial charge on any atom is -0.476 e. The summed E-state index contributed by atoms with van der Waals surface area (Å²) in [6, 6.07) is 0. The van der Waals surface area contributed by atoms with Crippen LogP contribution in [0.3, 0.4) is 0 Å². The highest BCUT2D eigenvalue weighted by Crippen LogP contribution is 2.30. The number of nitrogens with zero attached hydrogens (tertiary/aromatic N) is 2. The Balaban J connectivity index is 2.04. The molecular formula is C13H19N3O2. The molecule has 2 aliphatic heterocycles. The van der Waals surface area contributed by atoms with Crippen LogP contribution in [0.2, 0.25) is 0 Å². The van der Waals surface area contributed by atoms with E-state index in [4.69, 9.17) is 0 Å². The zero-order valence-corrected chi connectivity index (χ0v) is 10.6. The van der Waals surface area contributed by atoms with E-state index in [1.165, 1.54) is 0 Å². The third kappa shape index (κ3) is 1.82. The normalized spacial score (nSPS) is 27.2. The lowest BCUT2D eigenvalue weighted by Gasteiger charge is -2.23. The molecule has 1 saturated heterocycles. The molecule has 2 atom stereocenters. The number of nitrogens with one attached hydrogen (secondary N) is 1. The Morgan fingerprint density at radius 3 is 3.00 bits per heavy atom. The van der Waals surface area contributed by atoms with Gasteiger partial charge in [-0.15, -0.1) is 0 Å². The van der Waals surface area contributed by atoms with Crippen LogP contribution in [0.5, 0.6) is 0 Å². The molecule has 0 bridgehead atoms. The molecule has 0 saturated carbocycles. The second kappa shape index (κ2) is 4.39. The van der Waals surface area contributed by atoms with Crippen molar-refractivity contribution in [3.63, 3.8) is 0 Å². The van der Waals surface area contributed by atoms with Gasteiger partial charge in [-0.3, -0.25) is 0 Å².